The average molecular weight is 243 g/mol. The van der Waals surface area contributed by atoms with E-state index in [1.807, 2.05) is 0 Å². The standard InChI is InChI=1S/C16H21NO/c1-18-14-4-5-15-12(9-14)6-7-17-10-11-2-3-13(8-11)16(15)17/h4-5,9,11,13,16H,2-3,6-8,10H2,1H3/t11-,13+,16-/m1/s1. The zero-order chi connectivity index (χ0) is 12.1. The molecular weight excluding hydrogens is 222 g/mol. The number of nitrogens with zero attached hydrogens (tertiary/aromatic N) is 1. The second-order valence-corrected chi connectivity index (χ2v) is 6.19. The van der Waals surface area contributed by atoms with Crippen LogP contribution in [-0.4, -0.2) is 25.1 Å². The third kappa shape index (κ3) is 1.51. The molecule has 2 heteroatoms. The molecule has 0 unspecified atom stereocenters. The lowest BCUT2D eigenvalue weighted by Crippen LogP contribution is -2.43. The van der Waals surface area contributed by atoms with E-state index in [9.17, 15) is 0 Å². The molecule has 1 aliphatic carbocycles. The molecule has 0 N–H and O–H groups in total. The molecule has 2 aliphatic heterocycles. The molecule has 0 spiro atoms. The highest BCUT2D eigenvalue weighted by Gasteiger charge is 2.43. The normalized spacial score (nSPS) is 33.9. The number of benzene rings is 1. The summed E-state index contributed by atoms with van der Waals surface area (Å²) < 4.78 is 5.36. The minimum Gasteiger partial charge on any atom is -0.497 e. The summed E-state index contributed by atoms with van der Waals surface area (Å²) in [6.45, 7) is 2.59. The number of hydrogen-bond acceptors (Lipinski definition) is 2. The van der Waals surface area contributed by atoms with Crippen LogP contribution in [0.4, 0.5) is 0 Å². The van der Waals surface area contributed by atoms with Gasteiger partial charge in [0.2, 0.25) is 0 Å². The predicted molar refractivity (Wildman–Crippen MR) is 71.8 cm³/mol. The molecule has 2 heterocycles. The van der Waals surface area contributed by atoms with Gasteiger partial charge in [-0.2, -0.15) is 0 Å². The van der Waals surface area contributed by atoms with Gasteiger partial charge in [-0.25, -0.2) is 0 Å². The van der Waals surface area contributed by atoms with Gasteiger partial charge in [-0.3, -0.25) is 4.90 Å². The maximum Gasteiger partial charge on any atom is 0.119 e. The highest BCUT2D eigenvalue weighted by atomic mass is 16.5. The van der Waals surface area contributed by atoms with Crippen LogP contribution in [0.2, 0.25) is 0 Å². The highest BCUT2D eigenvalue weighted by Crippen LogP contribution is 2.49. The number of rotatable bonds is 1. The van der Waals surface area contributed by atoms with Crippen molar-refractivity contribution in [1.29, 1.82) is 0 Å². The van der Waals surface area contributed by atoms with Gasteiger partial charge in [0, 0.05) is 19.1 Å². The first-order chi connectivity index (χ1) is 8.85. The topological polar surface area (TPSA) is 12.5 Å². The number of fused-ring (bicyclic) bond motifs is 6. The quantitative estimate of drug-likeness (QED) is 0.751. The van der Waals surface area contributed by atoms with Crippen molar-refractivity contribution < 1.29 is 4.74 Å². The van der Waals surface area contributed by atoms with Crippen LogP contribution in [0.5, 0.6) is 5.75 Å². The number of ether oxygens (including phenoxy) is 1. The van der Waals surface area contributed by atoms with Gasteiger partial charge < -0.3 is 4.74 Å². The average Bonchev–Trinajstić information content (AvgIpc) is 2.79. The second-order valence-electron chi connectivity index (χ2n) is 6.19. The third-order valence-corrected chi connectivity index (χ3v) is 5.25. The van der Waals surface area contributed by atoms with Crippen LogP contribution >= 0.6 is 0 Å². The molecule has 0 radical (unpaired) electrons. The van der Waals surface area contributed by atoms with Crippen LogP contribution < -0.4 is 4.74 Å². The zero-order valence-corrected chi connectivity index (χ0v) is 11.1. The second kappa shape index (κ2) is 3.99. The van der Waals surface area contributed by atoms with Gasteiger partial charge in [0.25, 0.3) is 0 Å². The van der Waals surface area contributed by atoms with E-state index in [4.69, 9.17) is 4.74 Å². The highest BCUT2D eigenvalue weighted by molar-refractivity contribution is 5.40. The van der Waals surface area contributed by atoms with Gasteiger partial charge in [-0.05, 0) is 60.8 Å². The lowest BCUT2D eigenvalue weighted by molar-refractivity contribution is 0.0826. The predicted octanol–water partition coefficient (Wildman–Crippen LogP) is 3.02. The van der Waals surface area contributed by atoms with E-state index in [0.717, 1.165) is 17.6 Å². The Morgan fingerprint density at radius 1 is 1.28 bits per heavy atom. The number of methoxy groups -OCH3 is 1. The Labute approximate surface area is 109 Å². The molecule has 2 fully saturated rings. The first-order valence-corrected chi connectivity index (χ1v) is 7.26. The van der Waals surface area contributed by atoms with Crippen molar-refractivity contribution in [3.05, 3.63) is 29.3 Å². The van der Waals surface area contributed by atoms with Gasteiger partial charge in [0.15, 0.2) is 0 Å². The molecule has 1 aromatic rings. The monoisotopic (exact) mass is 243 g/mol. The molecule has 2 bridgehead atoms. The Morgan fingerprint density at radius 2 is 2.22 bits per heavy atom. The molecule has 3 atom stereocenters. The van der Waals surface area contributed by atoms with Crippen molar-refractivity contribution in [3.63, 3.8) is 0 Å². The van der Waals surface area contributed by atoms with Crippen molar-refractivity contribution >= 4 is 0 Å². The summed E-state index contributed by atoms with van der Waals surface area (Å²) in [7, 11) is 1.76. The summed E-state index contributed by atoms with van der Waals surface area (Å²) in [6.07, 6.45) is 5.57. The molecule has 1 saturated heterocycles. The molecule has 2 nitrogen and oxygen atoms in total. The fourth-order valence-corrected chi connectivity index (χ4v) is 4.47. The van der Waals surface area contributed by atoms with E-state index in [1.165, 1.54) is 44.3 Å². The Kier molecular flexibility index (Phi) is 2.41. The molecule has 0 aromatic heterocycles. The lowest BCUT2D eigenvalue weighted by Gasteiger charge is -2.44. The van der Waals surface area contributed by atoms with Crippen LogP contribution in [0.1, 0.15) is 36.4 Å². The Morgan fingerprint density at radius 3 is 3.11 bits per heavy atom. The SMILES string of the molecule is COc1ccc2c(c1)CCN1C[C@@H]3CC[C@@H](C3)[C@H]21. The fraction of sp³-hybridized carbons (Fsp3) is 0.625. The maximum atomic E-state index is 5.36. The molecule has 96 valence electrons. The van der Waals surface area contributed by atoms with E-state index in [1.54, 1.807) is 12.7 Å². The summed E-state index contributed by atoms with van der Waals surface area (Å²) in [5, 5.41) is 0. The van der Waals surface area contributed by atoms with Crippen molar-refractivity contribution in [2.75, 3.05) is 20.2 Å². The van der Waals surface area contributed by atoms with Crippen LogP contribution in [0, 0.1) is 11.8 Å². The minimum atomic E-state index is 0.707. The van der Waals surface area contributed by atoms with E-state index in [0.29, 0.717) is 6.04 Å². The molecule has 0 amide bonds. The zero-order valence-electron chi connectivity index (χ0n) is 11.1. The molecule has 1 saturated carbocycles. The Balaban J connectivity index is 1.75. The summed E-state index contributed by atoms with van der Waals surface area (Å²) >= 11 is 0. The van der Waals surface area contributed by atoms with Crippen LogP contribution in [0.15, 0.2) is 18.2 Å². The number of hydrogen-bond donors (Lipinski definition) is 0. The molecule has 18 heavy (non-hydrogen) atoms. The smallest absolute Gasteiger partial charge is 0.119 e. The van der Waals surface area contributed by atoms with E-state index < -0.39 is 0 Å². The van der Waals surface area contributed by atoms with E-state index in [-0.39, 0.29) is 0 Å². The van der Waals surface area contributed by atoms with Crippen LogP contribution in [0.3, 0.4) is 0 Å². The molecule has 1 aromatic carbocycles. The van der Waals surface area contributed by atoms with E-state index in [2.05, 4.69) is 23.1 Å². The van der Waals surface area contributed by atoms with Gasteiger partial charge >= 0.3 is 0 Å². The summed E-state index contributed by atoms with van der Waals surface area (Å²) in [4.78, 5) is 2.75. The summed E-state index contributed by atoms with van der Waals surface area (Å²) in [5.41, 5.74) is 3.12. The van der Waals surface area contributed by atoms with Gasteiger partial charge in [0.1, 0.15) is 5.75 Å². The molecular formula is C16H21NO. The molecule has 4 rings (SSSR count). The van der Waals surface area contributed by atoms with Gasteiger partial charge in [-0.1, -0.05) is 6.07 Å². The van der Waals surface area contributed by atoms with Crippen LogP contribution in [0.25, 0.3) is 0 Å². The van der Waals surface area contributed by atoms with Gasteiger partial charge in [0.05, 0.1) is 7.11 Å². The third-order valence-electron chi connectivity index (χ3n) is 5.25. The summed E-state index contributed by atoms with van der Waals surface area (Å²) in [6, 6.07) is 7.43. The lowest BCUT2D eigenvalue weighted by atomic mass is 9.80. The van der Waals surface area contributed by atoms with Crippen molar-refractivity contribution in [1.82, 2.24) is 4.90 Å². The first kappa shape index (κ1) is 10.9. The summed E-state index contributed by atoms with van der Waals surface area (Å²) in [5.74, 6) is 2.92. The van der Waals surface area contributed by atoms with Gasteiger partial charge in [-0.15, -0.1) is 0 Å². The van der Waals surface area contributed by atoms with Crippen molar-refractivity contribution in [2.24, 2.45) is 11.8 Å². The first-order valence-electron chi connectivity index (χ1n) is 7.26. The Bertz CT molecular complexity index is 470. The fourth-order valence-electron chi connectivity index (χ4n) is 4.47. The number of piperidine rings is 1. The Hall–Kier alpha value is -1.02. The minimum absolute atomic E-state index is 0.707. The van der Waals surface area contributed by atoms with Crippen molar-refractivity contribution in [2.45, 2.75) is 31.7 Å². The van der Waals surface area contributed by atoms with Crippen LogP contribution in [-0.2, 0) is 6.42 Å². The molecule has 3 aliphatic rings. The maximum absolute atomic E-state index is 5.36. The van der Waals surface area contributed by atoms with E-state index >= 15 is 0 Å². The van der Waals surface area contributed by atoms with Crippen molar-refractivity contribution in [3.8, 4) is 5.75 Å². The largest absolute Gasteiger partial charge is 0.497 e.